The summed E-state index contributed by atoms with van der Waals surface area (Å²) in [5.41, 5.74) is 2.80. The van der Waals surface area contributed by atoms with Crippen LogP contribution in [0.15, 0.2) is 54.6 Å². The molecule has 2 aliphatic heterocycles. The van der Waals surface area contributed by atoms with Crippen LogP contribution in [-0.2, 0) is 0 Å². The van der Waals surface area contributed by atoms with Gasteiger partial charge in [-0.05, 0) is 56.1 Å². The molecule has 2 heterocycles. The molecule has 0 aliphatic carbocycles. The van der Waals surface area contributed by atoms with E-state index >= 15 is 0 Å². The molecular weight excluding hydrogens is 402 g/mol. The van der Waals surface area contributed by atoms with Crippen molar-refractivity contribution < 1.29 is 15.0 Å². The van der Waals surface area contributed by atoms with E-state index in [9.17, 15) is 15.0 Å². The molecule has 0 radical (unpaired) electrons. The molecule has 2 aromatic rings. The molecule has 2 aromatic carbocycles. The van der Waals surface area contributed by atoms with Gasteiger partial charge in [-0.15, -0.1) is 0 Å². The van der Waals surface area contributed by atoms with E-state index in [1.165, 1.54) is 0 Å². The molecule has 168 valence electrons. The second kappa shape index (κ2) is 10.2. The molecule has 2 fully saturated rings. The molecule has 4 rings (SSSR count). The van der Waals surface area contributed by atoms with E-state index in [2.05, 4.69) is 34.2 Å². The Morgan fingerprint density at radius 2 is 1.84 bits per heavy atom. The molecule has 0 unspecified atom stereocenters. The summed E-state index contributed by atoms with van der Waals surface area (Å²) in [4.78, 5) is 17.3. The number of hydrogen-bond acceptors (Lipinski definition) is 4. The second-order valence-corrected chi connectivity index (χ2v) is 8.60. The molecule has 2 saturated heterocycles. The minimum atomic E-state index is -0.656. The lowest BCUT2D eigenvalue weighted by Crippen LogP contribution is -2.68. The van der Waals surface area contributed by atoms with Crippen LogP contribution >= 0.6 is 0 Å². The fraction of sp³-hybridized carbons (Fsp3) is 0.423. The van der Waals surface area contributed by atoms with E-state index in [4.69, 9.17) is 0 Å². The number of anilines is 1. The van der Waals surface area contributed by atoms with Crippen LogP contribution < -0.4 is 5.32 Å². The SMILES string of the molecule is C[C@@H](O)C#Cc1ccc([C@@H]2[C@H]3CN(C(=O)Nc4ccccc4)CCCCN3[C@H]2CO)cc1. The maximum absolute atomic E-state index is 13.0. The number of fused-ring (bicyclic) bond motifs is 1. The van der Waals surface area contributed by atoms with Gasteiger partial charge in [-0.25, -0.2) is 4.79 Å². The zero-order chi connectivity index (χ0) is 22.5. The molecule has 2 aliphatic rings. The van der Waals surface area contributed by atoms with Crippen molar-refractivity contribution in [2.45, 2.75) is 43.9 Å². The van der Waals surface area contributed by atoms with E-state index in [0.29, 0.717) is 6.54 Å². The van der Waals surface area contributed by atoms with Crippen molar-refractivity contribution in [3.63, 3.8) is 0 Å². The van der Waals surface area contributed by atoms with Gasteiger partial charge in [0.15, 0.2) is 0 Å². The summed E-state index contributed by atoms with van der Waals surface area (Å²) < 4.78 is 0. The van der Waals surface area contributed by atoms with Gasteiger partial charge in [-0.2, -0.15) is 0 Å². The second-order valence-electron chi connectivity index (χ2n) is 8.60. The first kappa shape index (κ1) is 22.3. The van der Waals surface area contributed by atoms with Crippen LogP contribution in [0, 0.1) is 11.8 Å². The smallest absolute Gasteiger partial charge is 0.321 e. The van der Waals surface area contributed by atoms with Gasteiger partial charge in [-0.1, -0.05) is 42.2 Å². The Labute approximate surface area is 189 Å². The number of hydrogen-bond donors (Lipinski definition) is 3. The first-order valence-corrected chi connectivity index (χ1v) is 11.3. The third kappa shape index (κ3) is 4.97. The van der Waals surface area contributed by atoms with Crippen molar-refractivity contribution in [3.8, 4) is 11.8 Å². The van der Waals surface area contributed by atoms with Gasteiger partial charge >= 0.3 is 6.03 Å². The highest BCUT2D eigenvalue weighted by molar-refractivity contribution is 5.89. The fourth-order valence-corrected chi connectivity index (χ4v) is 4.83. The Morgan fingerprint density at radius 1 is 1.12 bits per heavy atom. The van der Waals surface area contributed by atoms with Crippen molar-refractivity contribution in [1.82, 2.24) is 9.80 Å². The van der Waals surface area contributed by atoms with Gasteiger partial charge in [0.25, 0.3) is 0 Å². The number of amides is 2. The Hall–Kier alpha value is -2.85. The summed E-state index contributed by atoms with van der Waals surface area (Å²) in [6, 6.07) is 17.7. The van der Waals surface area contributed by atoms with Crippen molar-refractivity contribution in [2.75, 3.05) is 31.6 Å². The number of aliphatic hydroxyl groups is 2. The summed E-state index contributed by atoms with van der Waals surface area (Å²) >= 11 is 0. The van der Waals surface area contributed by atoms with E-state index in [1.807, 2.05) is 47.4 Å². The third-order valence-corrected chi connectivity index (χ3v) is 6.40. The first-order chi connectivity index (χ1) is 15.6. The summed E-state index contributed by atoms with van der Waals surface area (Å²) in [5, 5.41) is 22.5. The minimum Gasteiger partial charge on any atom is -0.395 e. The van der Waals surface area contributed by atoms with Crippen molar-refractivity contribution in [2.24, 2.45) is 0 Å². The standard InChI is InChI=1S/C26H31N3O3/c1-19(31)9-10-20-11-13-21(14-12-20)25-23-17-28(15-5-6-16-29(23)24(25)18-30)26(32)27-22-7-3-2-4-8-22/h2-4,7-8,11-14,19,23-25,30-31H,5-6,15-18H2,1H3,(H,27,32)/t19-,23-,24+,25-/m1/s1. The zero-order valence-corrected chi connectivity index (χ0v) is 18.4. The molecule has 0 spiro atoms. The summed E-state index contributed by atoms with van der Waals surface area (Å²) in [5.74, 6) is 5.89. The maximum atomic E-state index is 13.0. The molecule has 0 aromatic heterocycles. The van der Waals surface area contributed by atoms with Crippen LogP contribution in [0.5, 0.6) is 0 Å². The lowest BCUT2D eigenvalue weighted by Gasteiger charge is -2.57. The minimum absolute atomic E-state index is 0.0616. The number of nitrogens with zero attached hydrogens (tertiary/aromatic N) is 2. The quantitative estimate of drug-likeness (QED) is 0.651. The monoisotopic (exact) mass is 433 g/mol. The molecular formula is C26H31N3O3. The number of urea groups is 1. The molecule has 32 heavy (non-hydrogen) atoms. The average molecular weight is 434 g/mol. The number of benzene rings is 2. The van der Waals surface area contributed by atoms with Crippen LogP contribution in [0.4, 0.5) is 10.5 Å². The molecule has 0 bridgehead atoms. The summed E-state index contributed by atoms with van der Waals surface area (Å²) in [6.45, 7) is 4.04. The predicted molar refractivity (Wildman–Crippen MR) is 125 cm³/mol. The van der Waals surface area contributed by atoms with Crippen LogP contribution in [0.3, 0.4) is 0 Å². The van der Waals surface area contributed by atoms with E-state index in [1.54, 1.807) is 6.92 Å². The number of para-hydroxylation sites is 1. The number of carbonyl (C=O) groups excluding carboxylic acids is 1. The van der Waals surface area contributed by atoms with Gasteiger partial charge in [0.2, 0.25) is 0 Å². The Balaban J connectivity index is 1.51. The topological polar surface area (TPSA) is 76.0 Å². The lowest BCUT2D eigenvalue weighted by atomic mass is 9.74. The van der Waals surface area contributed by atoms with E-state index in [0.717, 1.165) is 42.7 Å². The van der Waals surface area contributed by atoms with E-state index in [-0.39, 0.29) is 30.6 Å². The van der Waals surface area contributed by atoms with Gasteiger partial charge in [0, 0.05) is 42.3 Å². The normalized spacial score (nSPS) is 24.1. The Kier molecular flexibility index (Phi) is 7.11. The number of rotatable bonds is 3. The van der Waals surface area contributed by atoms with Gasteiger partial charge in [0.1, 0.15) is 6.10 Å². The molecule has 2 amide bonds. The molecule has 4 atom stereocenters. The first-order valence-electron chi connectivity index (χ1n) is 11.3. The molecule has 0 saturated carbocycles. The molecule has 6 nitrogen and oxygen atoms in total. The van der Waals surface area contributed by atoms with Crippen molar-refractivity contribution >= 4 is 11.7 Å². The van der Waals surface area contributed by atoms with Crippen LogP contribution in [0.25, 0.3) is 0 Å². The summed E-state index contributed by atoms with van der Waals surface area (Å²) in [6.07, 6.45) is 1.30. The summed E-state index contributed by atoms with van der Waals surface area (Å²) in [7, 11) is 0. The molecule has 3 N–H and O–H groups in total. The Morgan fingerprint density at radius 3 is 2.53 bits per heavy atom. The van der Waals surface area contributed by atoms with Gasteiger partial charge in [0.05, 0.1) is 6.61 Å². The fourth-order valence-electron chi connectivity index (χ4n) is 4.83. The highest BCUT2D eigenvalue weighted by Gasteiger charge is 2.49. The van der Waals surface area contributed by atoms with Crippen molar-refractivity contribution in [3.05, 3.63) is 65.7 Å². The number of aliphatic hydroxyl groups excluding tert-OH is 2. The Bertz CT molecular complexity index is 965. The van der Waals surface area contributed by atoms with Crippen LogP contribution in [0.2, 0.25) is 0 Å². The molecule has 6 heteroatoms. The number of carbonyl (C=O) groups is 1. The average Bonchev–Trinajstić information content (AvgIpc) is 2.78. The highest BCUT2D eigenvalue weighted by Crippen LogP contribution is 2.42. The predicted octanol–water partition coefficient (Wildman–Crippen LogP) is 2.88. The largest absolute Gasteiger partial charge is 0.395 e. The third-order valence-electron chi connectivity index (χ3n) is 6.40. The van der Waals surface area contributed by atoms with Gasteiger partial charge < -0.3 is 20.4 Å². The zero-order valence-electron chi connectivity index (χ0n) is 18.4. The number of nitrogens with one attached hydrogen (secondary N) is 1. The van der Waals surface area contributed by atoms with E-state index < -0.39 is 6.10 Å². The van der Waals surface area contributed by atoms with Crippen LogP contribution in [0.1, 0.15) is 36.8 Å². The maximum Gasteiger partial charge on any atom is 0.321 e. The lowest BCUT2D eigenvalue weighted by molar-refractivity contribution is -0.0585. The van der Waals surface area contributed by atoms with Crippen LogP contribution in [-0.4, -0.2) is 70.5 Å². The highest BCUT2D eigenvalue weighted by atomic mass is 16.3. The van der Waals surface area contributed by atoms with Crippen molar-refractivity contribution in [1.29, 1.82) is 0 Å². The van der Waals surface area contributed by atoms with Gasteiger partial charge in [-0.3, -0.25) is 4.90 Å².